The van der Waals surface area contributed by atoms with Crippen LogP contribution >= 0.6 is 11.6 Å². The lowest BCUT2D eigenvalue weighted by Gasteiger charge is -2.35. The van der Waals surface area contributed by atoms with Gasteiger partial charge >= 0.3 is 0 Å². The fourth-order valence-electron chi connectivity index (χ4n) is 5.09. The summed E-state index contributed by atoms with van der Waals surface area (Å²) in [5.74, 6) is -1.02. The monoisotopic (exact) mass is 417 g/mol. The fraction of sp³-hybridized carbons (Fsp3) is 0.208. The largest absolute Gasteiger partial charge is 0.324 e. The van der Waals surface area contributed by atoms with E-state index in [0.717, 1.165) is 16.8 Å². The molecule has 150 valence electrons. The van der Waals surface area contributed by atoms with Crippen LogP contribution in [0.15, 0.2) is 73.1 Å². The molecule has 1 saturated heterocycles. The van der Waals surface area contributed by atoms with E-state index in [1.165, 1.54) is 0 Å². The molecule has 0 radical (unpaired) electrons. The van der Waals surface area contributed by atoms with Gasteiger partial charge in [-0.15, -0.1) is 0 Å². The molecule has 6 heteroatoms. The van der Waals surface area contributed by atoms with Gasteiger partial charge in [0.1, 0.15) is 5.54 Å². The van der Waals surface area contributed by atoms with Crippen molar-refractivity contribution in [1.82, 2.24) is 9.88 Å². The van der Waals surface area contributed by atoms with Crippen molar-refractivity contribution in [2.75, 3.05) is 18.9 Å². The van der Waals surface area contributed by atoms with E-state index in [0.29, 0.717) is 17.1 Å². The Morgan fingerprint density at radius 1 is 1.13 bits per heavy atom. The molecule has 5 rings (SSSR count). The molecule has 0 aliphatic carbocycles. The number of halogens is 1. The average molecular weight is 418 g/mol. The molecule has 5 nitrogen and oxygen atoms in total. The van der Waals surface area contributed by atoms with Gasteiger partial charge < -0.3 is 5.32 Å². The lowest BCUT2D eigenvalue weighted by atomic mass is 9.70. The smallest absolute Gasteiger partial charge is 0.250 e. The molecule has 2 aliphatic rings. The summed E-state index contributed by atoms with van der Waals surface area (Å²) < 4.78 is 0. The second-order valence-electron chi connectivity index (χ2n) is 7.89. The maximum absolute atomic E-state index is 13.9. The Hall–Kier alpha value is -3.02. The number of pyridine rings is 1. The minimum Gasteiger partial charge on any atom is -0.324 e. The Bertz CT molecular complexity index is 1130. The number of likely N-dealkylation sites (tertiary alicyclic amines) is 1. The van der Waals surface area contributed by atoms with Crippen molar-refractivity contribution in [2.45, 2.75) is 11.5 Å². The summed E-state index contributed by atoms with van der Waals surface area (Å²) in [6.07, 6.45) is 3.22. The molecular formula is C24H20ClN3O2. The van der Waals surface area contributed by atoms with Crippen molar-refractivity contribution in [3.8, 4) is 0 Å². The predicted molar refractivity (Wildman–Crippen MR) is 116 cm³/mol. The van der Waals surface area contributed by atoms with Gasteiger partial charge in [-0.05, 0) is 42.9 Å². The third-order valence-corrected chi connectivity index (χ3v) is 6.64. The van der Waals surface area contributed by atoms with E-state index in [9.17, 15) is 9.59 Å². The van der Waals surface area contributed by atoms with Gasteiger partial charge in [-0.25, -0.2) is 0 Å². The zero-order chi connectivity index (χ0) is 20.9. The highest BCUT2D eigenvalue weighted by Crippen LogP contribution is 2.55. The Morgan fingerprint density at radius 3 is 2.63 bits per heavy atom. The molecule has 0 saturated carbocycles. The number of aromatic nitrogens is 1. The normalized spacial score (nSPS) is 25.3. The highest BCUT2D eigenvalue weighted by Gasteiger charge is 2.64. The SMILES string of the molecule is CN1CC(c2ccc(Cl)cc2)C(C(=O)c2cccnc2)C12C(=O)Nc1ccccc12. The van der Waals surface area contributed by atoms with Crippen molar-refractivity contribution in [3.63, 3.8) is 0 Å². The number of nitrogens with zero attached hydrogens (tertiary/aromatic N) is 2. The first-order chi connectivity index (χ1) is 14.5. The summed E-state index contributed by atoms with van der Waals surface area (Å²) in [4.78, 5) is 33.5. The van der Waals surface area contributed by atoms with Gasteiger partial charge in [-0.3, -0.25) is 19.5 Å². The van der Waals surface area contributed by atoms with Crippen LogP contribution < -0.4 is 5.32 Å². The third-order valence-electron chi connectivity index (χ3n) is 6.38. The van der Waals surface area contributed by atoms with Crippen LogP contribution in [0.5, 0.6) is 0 Å². The molecule has 3 unspecified atom stereocenters. The lowest BCUT2D eigenvalue weighted by molar-refractivity contribution is -0.126. The van der Waals surface area contributed by atoms with Crippen LogP contribution in [0, 0.1) is 5.92 Å². The first kappa shape index (κ1) is 19.0. The number of para-hydroxylation sites is 1. The second kappa shape index (κ2) is 7.04. The molecule has 30 heavy (non-hydrogen) atoms. The molecule has 1 N–H and O–H groups in total. The Labute approximate surface area is 179 Å². The zero-order valence-corrected chi connectivity index (χ0v) is 17.1. The van der Waals surface area contributed by atoms with Gasteiger partial charge in [0.25, 0.3) is 0 Å². The van der Waals surface area contributed by atoms with Crippen LogP contribution in [0.3, 0.4) is 0 Å². The van der Waals surface area contributed by atoms with E-state index in [4.69, 9.17) is 11.6 Å². The molecule has 3 atom stereocenters. The number of anilines is 1. The molecule has 1 spiro atoms. The molecular weight excluding hydrogens is 398 g/mol. The zero-order valence-electron chi connectivity index (χ0n) is 16.4. The Kier molecular flexibility index (Phi) is 4.45. The van der Waals surface area contributed by atoms with E-state index >= 15 is 0 Å². The lowest BCUT2D eigenvalue weighted by Crippen LogP contribution is -2.51. The van der Waals surface area contributed by atoms with E-state index in [2.05, 4.69) is 10.3 Å². The number of carbonyl (C=O) groups is 2. The summed E-state index contributed by atoms with van der Waals surface area (Å²) >= 11 is 6.10. The number of ketones is 1. The van der Waals surface area contributed by atoms with Crippen LogP contribution in [0.1, 0.15) is 27.4 Å². The highest BCUT2D eigenvalue weighted by molar-refractivity contribution is 6.30. The summed E-state index contributed by atoms with van der Waals surface area (Å²) in [6, 6.07) is 18.7. The molecule has 3 aromatic rings. The number of rotatable bonds is 3. The molecule has 1 fully saturated rings. The highest BCUT2D eigenvalue weighted by atomic mass is 35.5. The van der Waals surface area contributed by atoms with Crippen LogP contribution in [-0.4, -0.2) is 35.2 Å². The minimum absolute atomic E-state index is 0.0840. The summed E-state index contributed by atoms with van der Waals surface area (Å²) in [7, 11) is 1.92. The van der Waals surface area contributed by atoms with E-state index < -0.39 is 11.5 Å². The number of benzene rings is 2. The van der Waals surface area contributed by atoms with Crippen LogP contribution in [-0.2, 0) is 10.3 Å². The van der Waals surface area contributed by atoms with Crippen molar-refractivity contribution in [3.05, 3.63) is 94.8 Å². The molecule has 1 amide bonds. The average Bonchev–Trinajstić information content (AvgIpc) is 3.24. The maximum Gasteiger partial charge on any atom is 0.250 e. The van der Waals surface area contributed by atoms with E-state index in [1.807, 2.05) is 60.5 Å². The number of hydrogen-bond donors (Lipinski definition) is 1. The topological polar surface area (TPSA) is 62.3 Å². The second-order valence-corrected chi connectivity index (χ2v) is 8.32. The third kappa shape index (κ3) is 2.62. The van der Waals surface area contributed by atoms with Gasteiger partial charge in [0, 0.05) is 46.7 Å². The van der Waals surface area contributed by atoms with Crippen molar-refractivity contribution in [2.24, 2.45) is 5.92 Å². The molecule has 1 aromatic heterocycles. The van der Waals surface area contributed by atoms with E-state index in [1.54, 1.807) is 24.5 Å². The predicted octanol–water partition coefficient (Wildman–Crippen LogP) is 4.11. The number of carbonyl (C=O) groups excluding carboxylic acids is 2. The molecule has 2 aliphatic heterocycles. The van der Waals surface area contributed by atoms with Crippen molar-refractivity contribution >= 4 is 29.0 Å². The molecule has 2 aromatic carbocycles. The number of hydrogen-bond acceptors (Lipinski definition) is 4. The van der Waals surface area contributed by atoms with Gasteiger partial charge in [-0.1, -0.05) is 41.9 Å². The number of likely N-dealkylation sites (N-methyl/N-ethyl adjacent to an activating group) is 1. The molecule has 0 bridgehead atoms. The number of nitrogens with one attached hydrogen (secondary N) is 1. The summed E-state index contributed by atoms with van der Waals surface area (Å²) in [5.41, 5.74) is 2.02. The standard InChI is InChI=1S/C24H20ClN3O2/c1-28-14-18(15-8-10-17(25)11-9-15)21(22(29)16-5-4-12-26-13-16)24(28)19-6-2-3-7-20(19)27-23(24)30/h2-13,18,21H,14H2,1H3,(H,27,30). The van der Waals surface area contributed by atoms with Gasteiger partial charge in [0.15, 0.2) is 5.78 Å². The van der Waals surface area contributed by atoms with Crippen LogP contribution in [0.4, 0.5) is 5.69 Å². The Balaban J connectivity index is 1.73. The summed E-state index contributed by atoms with van der Waals surface area (Å²) in [6.45, 7) is 0.569. The fourth-order valence-corrected chi connectivity index (χ4v) is 5.22. The quantitative estimate of drug-likeness (QED) is 0.651. The van der Waals surface area contributed by atoms with Gasteiger partial charge in [-0.2, -0.15) is 0 Å². The molecule has 3 heterocycles. The van der Waals surface area contributed by atoms with Gasteiger partial charge in [0.05, 0.1) is 5.92 Å². The number of amides is 1. The van der Waals surface area contributed by atoms with Gasteiger partial charge in [0.2, 0.25) is 5.91 Å². The van der Waals surface area contributed by atoms with Crippen LogP contribution in [0.2, 0.25) is 5.02 Å². The van der Waals surface area contributed by atoms with Crippen LogP contribution in [0.25, 0.3) is 0 Å². The maximum atomic E-state index is 13.9. The first-order valence-corrected chi connectivity index (χ1v) is 10.2. The minimum atomic E-state index is -1.08. The van der Waals surface area contributed by atoms with Crippen molar-refractivity contribution in [1.29, 1.82) is 0 Å². The summed E-state index contributed by atoms with van der Waals surface area (Å²) in [5, 5.41) is 3.65. The first-order valence-electron chi connectivity index (χ1n) is 9.85. The van der Waals surface area contributed by atoms with Crippen molar-refractivity contribution < 1.29 is 9.59 Å². The Morgan fingerprint density at radius 2 is 1.90 bits per heavy atom. The number of Topliss-reactive ketones (excluding diaryl/α,β-unsaturated/α-hetero) is 1. The number of fused-ring (bicyclic) bond motifs is 2. The van der Waals surface area contributed by atoms with E-state index in [-0.39, 0.29) is 17.6 Å².